The van der Waals surface area contributed by atoms with Gasteiger partial charge in [0.2, 0.25) is 5.91 Å². The summed E-state index contributed by atoms with van der Waals surface area (Å²) in [5.74, 6) is 0.517. The molecule has 0 unspecified atom stereocenters. The molecule has 4 rings (SSSR count). The van der Waals surface area contributed by atoms with Crippen molar-refractivity contribution < 1.29 is 18.3 Å². The number of carbonyl (C=O) groups excluding carboxylic acids is 1. The van der Waals surface area contributed by atoms with Crippen LogP contribution >= 0.6 is 12.6 Å². The lowest BCUT2D eigenvalue weighted by Crippen LogP contribution is -2.47. The number of unbranched alkanes of at least 4 members (excludes halogenated alkanes) is 7. The molecule has 256 valence electrons. The maximum Gasteiger partial charge on any atom is 0.224 e. The molecule has 0 aromatic heterocycles. The van der Waals surface area contributed by atoms with Crippen LogP contribution in [0.4, 0.5) is 14.5 Å². The number of benzene rings is 3. The topological polar surface area (TPSA) is 44.8 Å². The van der Waals surface area contributed by atoms with Crippen LogP contribution in [0.25, 0.3) is 0 Å². The van der Waals surface area contributed by atoms with Gasteiger partial charge in [-0.25, -0.2) is 8.78 Å². The Morgan fingerprint density at radius 3 is 1.74 bits per heavy atom. The molecule has 3 aromatic rings. The molecule has 5 nitrogen and oxygen atoms in total. The van der Waals surface area contributed by atoms with Gasteiger partial charge in [-0.15, -0.1) is 0 Å². The van der Waals surface area contributed by atoms with Gasteiger partial charge in [0.1, 0.15) is 17.7 Å². The van der Waals surface area contributed by atoms with Gasteiger partial charge in [0.05, 0.1) is 6.61 Å². The summed E-state index contributed by atoms with van der Waals surface area (Å²) in [6, 6.07) is 21.0. The van der Waals surface area contributed by atoms with Crippen LogP contribution in [-0.4, -0.2) is 67.3 Å². The van der Waals surface area contributed by atoms with E-state index >= 15 is 0 Å². The molecule has 1 amide bonds. The first kappa shape index (κ1) is 37.0. The van der Waals surface area contributed by atoms with Gasteiger partial charge in [-0.2, -0.15) is 12.6 Å². The summed E-state index contributed by atoms with van der Waals surface area (Å²) in [7, 11) is 0. The molecule has 1 heterocycles. The molecule has 0 aliphatic carbocycles. The number of thiol groups is 1. The highest BCUT2D eigenvalue weighted by Crippen LogP contribution is 2.26. The van der Waals surface area contributed by atoms with Crippen LogP contribution < -0.4 is 5.32 Å². The molecule has 1 aliphatic rings. The number of nitrogens with one attached hydrogen (secondary N) is 1. The summed E-state index contributed by atoms with van der Waals surface area (Å²) in [6.45, 7) is 6.45. The van der Waals surface area contributed by atoms with Gasteiger partial charge in [0.15, 0.2) is 0 Å². The van der Waals surface area contributed by atoms with Crippen LogP contribution in [0.5, 0.6) is 0 Å². The second-order valence-electron chi connectivity index (χ2n) is 12.7. The quantitative estimate of drug-likeness (QED) is 0.0883. The van der Waals surface area contributed by atoms with E-state index in [1.54, 1.807) is 24.3 Å². The molecule has 1 aliphatic heterocycles. The minimum absolute atomic E-state index is 0.109. The maximum atomic E-state index is 13.5. The smallest absolute Gasteiger partial charge is 0.224 e. The zero-order valence-electron chi connectivity index (χ0n) is 27.9. The number of halogens is 2. The van der Waals surface area contributed by atoms with Crippen LogP contribution in [0, 0.1) is 11.6 Å². The number of aryl methyl sites for hydroxylation is 1. The largest absolute Gasteiger partial charge is 0.367 e. The standard InChI is InChI=1S/C39H53F2N3O2S/c40-35-18-14-33(15-19-35)39(34-16-20-36(41)21-17-34)46-30-29-44-27-25-43(26-28-44)24-9-10-32-12-22-37(23-13-32)42-38(45)11-7-5-3-1-2-4-6-8-31-47/h12-23,39,47H,1-11,24-31H2,(H,42,45). The Kier molecular flexibility index (Phi) is 16.7. The summed E-state index contributed by atoms with van der Waals surface area (Å²) in [4.78, 5) is 17.3. The van der Waals surface area contributed by atoms with Crippen molar-refractivity contribution in [3.8, 4) is 0 Å². The van der Waals surface area contributed by atoms with E-state index in [9.17, 15) is 13.6 Å². The maximum absolute atomic E-state index is 13.5. The van der Waals surface area contributed by atoms with Gasteiger partial charge in [0.25, 0.3) is 0 Å². The van der Waals surface area contributed by atoms with E-state index in [0.717, 1.165) is 87.5 Å². The zero-order chi connectivity index (χ0) is 33.1. The van der Waals surface area contributed by atoms with Crippen molar-refractivity contribution in [1.29, 1.82) is 0 Å². The molecule has 1 fully saturated rings. The molecule has 0 atom stereocenters. The number of ether oxygens (including phenoxy) is 1. The summed E-state index contributed by atoms with van der Waals surface area (Å²) < 4.78 is 33.3. The Hall–Kier alpha value is -2.78. The van der Waals surface area contributed by atoms with E-state index in [0.29, 0.717) is 13.0 Å². The summed E-state index contributed by atoms with van der Waals surface area (Å²) in [5.41, 5.74) is 3.88. The van der Waals surface area contributed by atoms with Crippen molar-refractivity contribution >= 4 is 24.2 Å². The van der Waals surface area contributed by atoms with E-state index in [2.05, 4.69) is 39.9 Å². The summed E-state index contributed by atoms with van der Waals surface area (Å²) in [6.07, 6.45) is 12.0. The first-order chi connectivity index (χ1) is 23.0. The molecule has 3 aromatic carbocycles. The number of nitrogens with zero attached hydrogens (tertiary/aromatic N) is 2. The monoisotopic (exact) mass is 665 g/mol. The zero-order valence-corrected chi connectivity index (χ0v) is 28.7. The fourth-order valence-corrected chi connectivity index (χ4v) is 6.36. The van der Waals surface area contributed by atoms with E-state index in [1.807, 2.05) is 12.1 Å². The third-order valence-electron chi connectivity index (χ3n) is 8.99. The molecule has 0 spiro atoms. The Labute approximate surface area is 286 Å². The Balaban J connectivity index is 1.07. The fraction of sp³-hybridized carbons (Fsp3) is 0.513. The number of hydrogen-bond acceptors (Lipinski definition) is 5. The minimum atomic E-state index is -0.370. The van der Waals surface area contributed by atoms with Crippen molar-refractivity contribution in [3.05, 3.63) is 101 Å². The fourth-order valence-electron chi connectivity index (χ4n) is 6.14. The second kappa shape index (κ2) is 21.2. The third-order valence-corrected chi connectivity index (χ3v) is 9.31. The van der Waals surface area contributed by atoms with Crippen LogP contribution in [0.1, 0.15) is 87.0 Å². The van der Waals surface area contributed by atoms with E-state index in [-0.39, 0.29) is 23.6 Å². The van der Waals surface area contributed by atoms with Crippen LogP contribution in [0.15, 0.2) is 72.8 Å². The van der Waals surface area contributed by atoms with Gasteiger partial charge in [-0.05, 0) is 91.1 Å². The summed E-state index contributed by atoms with van der Waals surface area (Å²) in [5, 5.41) is 3.05. The van der Waals surface area contributed by atoms with Gasteiger partial charge in [-0.1, -0.05) is 74.9 Å². The van der Waals surface area contributed by atoms with Gasteiger partial charge >= 0.3 is 0 Å². The molecule has 47 heavy (non-hydrogen) atoms. The Morgan fingerprint density at radius 1 is 0.681 bits per heavy atom. The van der Waals surface area contributed by atoms with E-state index in [4.69, 9.17) is 4.74 Å². The Bertz CT molecular complexity index is 1240. The molecule has 1 saturated heterocycles. The first-order valence-corrected chi connectivity index (χ1v) is 18.2. The second-order valence-corrected chi connectivity index (χ2v) is 13.1. The number of anilines is 1. The number of amides is 1. The molecular formula is C39H53F2N3O2S. The molecule has 0 radical (unpaired) electrons. The van der Waals surface area contributed by atoms with Crippen molar-refractivity contribution in [2.24, 2.45) is 0 Å². The highest BCUT2D eigenvalue weighted by molar-refractivity contribution is 7.80. The predicted molar refractivity (Wildman–Crippen MR) is 192 cm³/mol. The number of hydrogen-bond donors (Lipinski definition) is 2. The normalized spacial score (nSPS) is 14.1. The Morgan fingerprint density at radius 2 is 1.19 bits per heavy atom. The molecule has 8 heteroatoms. The van der Waals surface area contributed by atoms with Crippen LogP contribution in [-0.2, 0) is 16.0 Å². The number of rotatable bonds is 21. The number of piperazine rings is 1. The lowest BCUT2D eigenvalue weighted by Gasteiger charge is -2.35. The number of carbonyl (C=O) groups is 1. The third kappa shape index (κ3) is 14.1. The van der Waals surface area contributed by atoms with Crippen LogP contribution in [0.3, 0.4) is 0 Å². The van der Waals surface area contributed by atoms with Crippen molar-refractivity contribution in [3.63, 3.8) is 0 Å². The SMILES string of the molecule is O=C(CCCCCCCCCCS)Nc1ccc(CCCN2CCN(CCOC(c3ccc(F)cc3)c3ccc(F)cc3)CC2)cc1. The summed E-state index contributed by atoms with van der Waals surface area (Å²) >= 11 is 4.26. The molecule has 0 bridgehead atoms. The molecule has 0 saturated carbocycles. The van der Waals surface area contributed by atoms with E-state index < -0.39 is 0 Å². The average molecular weight is 666 g/mol. The van der Waals surface area contributed by atoms with Gasteiger partial charge in [0, 0.05) is 44.8 Å². The lowest BCUT2D eigenvalue weighted by molar-refractivity contribution is -0.116. The van der Waals surface area contributed by atoms with Gasteiger partial charge in [-0.3, -0.25) is 9.69 Å². The average Bonchev–Trinajstić information content (AvgIpc) is 3.08. The highest BCUT2D eigenvalue weighted by atomic mass is 32.1. The lowest BCUT2D eigenvalue weighted by atomic mass is 10.0. The minimum Gasteiger partial charge on any atom is -0.367 e. The predicted octanol–water partition coefficient (Wildman–Crippen LogP) is 8.70. The van der Waals surface area contributed by atoms with Gasteiger partial charge < -0.3 is 15.0 Å². The van der Waals surface area contributed by atoms with Crippen molar-refractivity contribution in [2.75, 3.05) is 56.9 Å². The van der Waals surface area contributed by atoms with Crippen molar-refractivity contribution in [1.82, 2.24) is 9.80 Å². The van der Waals surface area contributed by atoms with E-state index in [1.165, 1.54) is 68.4 Å². The first-order valence-electron chi connectivity index (χ1n) is 17.6. The van der Waals surface area contributed by atoms with Crippen molar-refractivity contribution in [2.45, 2.75) is 76.7 Å². The highest BCUT2D eigenvalue weighted by Gasteiger charge is 2.19. The van der Waals surface area contributed by atoms with Crippen LogP contribution in [0.2, 0.25) is 0 Å². The molecular weight excluding hydrogens is 613 g/mol. The molecule has 1 N–H and O–H groups in total.